The first kappa shape index (κ1) is 23.3. The van der Waals surface area contributed by atoms with Crippen molar-refractivity contribution in [1.29, 1.82) is 0 Å². The highest BCUT2D eigenvalue weighted by Gasteiger charge is 2.34. The van der Waals surface area contributed by atoms with Gasteiger partial charge in [0.25, 0.3) is 6.02 Å². The summed E-state index contributed by atoms with van der Waals surface area (Å²) in [5.41, 5.74) is 6.64. The molecule has 0 spiro atoms. The number of carbonyl (C=O) groups is 2. The summed E-state index contributed by atoms with van der Waals surface area (Å²) in [5.74, 6) is -3.27. The zero-order valence-corrected chi connectivity index (χ0v) is 18.6. The lowest BCUT2D eigenvalue weighted by Crippen LogP contribution is -2.51. The second-order valence-corrected chi connectivity index (χ2v) is 8.15. The van der Waals surface area contributed by atoms with Crippen molar-refractivity contribution in [3.63, 3.8) is 0 Å². The average molecular weight is 469 g/mol. The van der Waals surface area contributed by atoms with E-state index >= 15 is 0 Å². The summed E-state index contributed by atoms with van der Waals surface area (Å²) < 4.78 is 35.2. The smallest absolute Gasteiger partial charge is 0.287 e. The fourth-order valence-electron chi connectivity index (χ4n) is 4.01. The maximum atomic E-state index is 14.8. The number of anilines is 1. The minimum absolute atomic E-state index is 0.0134. The van der Waals surface area contributed by atoms with Crippen LogP contribution in [0.4, 0.5) is 14.5 Å². The molecule has 2 aliphatic heterocycles. The average Bonchev–Trinajstić information content (AvgIpc) is 2.77. The summed E-state index contributed by atoms with van der Waals surface area (Å²) in [6.45, 7) is 2.77. The van der Waals surface area contributed by atoms with E-state index < -0.39 is 29.4 Å². The monoisotopic (exact) mass is 469 g/mol. The van der Waals surface area contributed by atoms with Crippen LogP contribution in [0.5, 0.6) is 0 Å². The van der Waals surface area contributed by atoms with Crippen LogP contribution in [0.15, 0.2) is 47.6 Å². The standard InChI is InChI=1S/C24H25F2N5O3/c1-2-5-20(19-6-3-4-9-28-19)34-24(27)29-14-12-31(13-14)15-10-17(25)22(18(26)11-15)16-7-8-21(32)30-23(16)33/h3-6,9-11,14,16H,2,7-8,12-13H2,1H3,(H2,27,29)(H,30,32,33)/b20-5+. The molecule has 1 atom stereocenters. The molecule has 178 valence electrons. The summed E-state index contributed by atoms with van der Waals surface area (Å²) >= 11 is 0. The number of rotatable bonds is 6. The number of nitrogens with two attached hydrogens (primary N) is 1. The van der Waals surface area contributed by atoms with Gasteiger partial charge in [-0.2, -0.15) is 0 Å². The number of aliphatic imine (C=N–C) groups is 1. The molecular weight excluding hydrogens is 444 g/mol. The van der Waals surface area contributed by atoms with E-state index in [0.717, 1.165) is 6.42 Å². The molecule has 2 fully saturated rings. The molecule has 4 rings (SSSR count). The maximum Gasteiger partial charge on any atom is 0.287 e. The number of nitrogens with one attached hydrogen (secondary N) is 1. The SMILES string of the molecule is CC/C=C(/OC(N)=NC1CN(c2cc(F)c(C3CCC(=O)NC3=O)c(F)c2)C1)c1ccccn1. The van der Waals surface area contributed by atoms with Gasteiger partial charge in [0.1, 0.15) is 17.3 Å². The van der Waals surface area contributed by atoms with Crippen LogP contribution in [0.25, 0.3) is 5.76 Å². The molecule has 3 heterocycles. The van der Waals surface area contributed by atoms with Crippen molar-refractivity contribution in [2.75, 3.05) is 18.0 Å². The Hall–Kier alpha value is -3.82. The molecule has 2 amide bonds. The first-order chi connectivity index (χ1) is 16.4. The molecule has 0 aliphatic carbocycles. The molecule has 0 saturated carbocycles. The van der Waals surface area contributed by atoms with Gasteiger partial charge in [0, 0.05) is 37.0 Å². The third kappa shape index (κ3) is 5.05. The van der Waals surface area contributed by atoms with Crippen molar-refractivity contribution < 1.29 is 23.1 Å². The second-order valence-electron chi connectivity index (χ2n) is 8.15. The van der Waals surface area contributed by atoms with Gasteiger partial charge >= 0.3 is 0 Å². The number of nitrogens with zero attached hydrogens (tertiary/aromatic N) is 3. The second kappa shape index (κ2) is 9.98. The molecule has 2 aromatic rings. The minimum atomic E-state index is -1.03. The molecule has 1 aromatic heterocycles. The van der Waals surface area contributed by atoms with Gasteiger partial charge < -0.3 is 15.4 Å². The topological polar surface area (TPSA) is 110 Å². The number of ether oxygens (including phenoxy) is 1. The van der Waals surface area contributed by atoms with E-state index in [1.54, 1.807) is 23.2 Å². The Kier molecular flexibility index (Phi) is 6.85. The fourth-order valence-corrected chi connectivity index (χ4v) is 4.01. The van der Waals surface area contributed by atoms with Gasteiger partial charge in [-0.05, 0) is 43.2 Å². The molecule has 10 heteroatoms. The molecule has 2 aliphatic rings. The van der Waals surface area contributed by atoms with E-state index in [-0.39, 0.29) is 30.5 Å². The number of imide groups is 1. The van der Waals surface area contributed by atoms with E-state index in [9.17, 15) is 18.4 Å². The van der Waals surface area contributed by atoms with Crippen molar-refractivity contribution in [3.8, 4) is 0 Å². The molecule has 1 unspecified atom stereocenters. The van der Waals surface area contributed by atoms with Crippen molar-refractivity contribution in [1.82, 2.24) is 10.3 Å². The van der Waals surface area contributed by atoms with Gasteiger partial charge in [0.2, 0.25) is 11.8 Å². The van der Waals surface area contributed by atoms with Crippen LogP contribution in [-0.4, -0.2) is 42.0 Å². The number of amidine groups is 1. The zero-order chi connectivity index (χ0) is 24.2. The van der Waals surface area contributed by atoms with Gasteiger partial charge in [0.05, 0.1) is 12.0 Å². The Labute approximate surface area is 195 Å². The number of aromatic nitrogens is 1. The molecule has 34 heavy (non-hydrogen) atoms. The first-order valence-electron chi connectivity index (χ1n) is 11.1. The third-order valence-electron chi connectivity index (χ3n) is 5.71. The molecule has 0 bridgehead atoms. The number of benzene rings is 1. The molecular formula is C24H25F2N5O3. The van der Waals surface area contributed by atoms with E-state index in [4.69, 9.17) is 10.5 Å². The Morgan fingerprint density at radius 1 is 1.29 bits per heavy atom. The van der Waals surface area contributed by atoms with Gasteiger partial charge in [-0.3, -0.25) is 19.9 Å². The van der Waals surface area contributed by atoms with Crippen LogP contribution >= 0.6 is 0 Å². The van der Waals surface area contributed by atoms with Gasteiger partial charge in [-0.15, -0.1) is 0 Å². The summed E-state index contributed by atoms with van der Waals surface area (Å²) in [6, 6.07) is 7.64. The molecule has 2 saturated heterocycles. The molecule has 1 aromatic carbocycles. The van der Waals surface area contributed by atoms with Crippen LogP contribution < -0.4 is 16.0 Å². The van der Waals surface area contributed by atoms with Crippen molar-refractivity contribution in [3.05, 3.63) is 65.5 Å². The lowest BCUT2D eigenvalue weighted by atomic mass is 9.89. The van der Waals surface area contributed by atoms with E-state index in [1.165, 1.54) is 12.1 Å². The van der Waals surface area contributed by atoms with Crippen LogP contribution in [-0.2, 0) is 14.3 Å². The lowest BCUT2D eigenvalue weighted by molar-refractivity contribution is -0.134. The molecule has 0 radical (unpaired) electrons. The number of allylic oxidation sites excluding steroid dienone is 1. The van der Waals surface area contributed by atoms with E-state index in [1.807, 2.05) is 19.1 Å². The highest BCUT2D eigenvalue weighted by molar-refractivity contribution is 6.01. The van der Waals surface area contributed by atoms with Crippen molar-refractivity contribution in [2.24, 2.45) is 10.7 Å². The Bertz CT molecular complexity index is 1120. The van der Waals surface area contributed by atoms with E-state index in [2.05, 4.69) is 15.3 Å². The predicted octanol–water partition coefficient (Wildman–Crippen LogP) is 2.85. The minimum Gasteiger partial charge on any atom is -0.424 e. The first-order valence-corrected chi connectivity index (χ1v) is 11.1. The number of hydrogen-bond donors (Lipinski definition) is 2. The normalized spacial score (nSPS) is 19.6. The van der Waals surface area contributed by atoms with Crippen LogP contribution in [0.2, 0.25) is 0 Å². The van der Waals surface area contributed by atoms with Crippen molar-refractivity contribution >= 4 is 29.3 Å². The summed E-state index contributed by atoms with van der Waals surface area (Å²) in [5, 5.41) is 2.13. The van der Waals surface area contributed by atoms with Crippen molar-refractivity contribution in [2.45, 2.75) is 38.1 Å². The fraction of sp³-hybridized carbons (Fsp3) is 0.333. The number of hydrogen-bond acceptors (Lipinski definition) is 6. The Morgan fingerprint density at radius 2 is 2.03 bits per heavy atom. The number of halogens is 2. The number of pyridine rings is 1. The number of piperidine rings is 1. The summed E-state index contributed by atoms with van der Waals surface area (Å²) in [6.07, 6.45) is 4.35. The Balaban J connectivity index is 1.40. The summed E-state index contributed by atoms with van der Waals surface area (Å²) in [7, 11) is 0. The zero-order valence-electron chi connectivity index (χ0n) is 18.6. The highest BCUT2D eigenvalue weighted by atomic mass is 19.1. The third-order valence-corrected chi connectivity index (χ3v) is 5.71. The lowest BCUT2D eigenvalue weighted by Gasteiger charge is -2.39. The van der Waals surface area contributed by atoms with Crippen LogP contribution in [0.1, 0.15) is 43.4 Å². The van der Waals surface area contributed by atoms with E-state index in [0.29, 0.717) is 30.2 Å². The highest BCUT2D eigenvalue weighted by Crippen LogP contribution is 2.33. The molecule has 8 nitrogen and oxygen atoms in total. The largest absolute Gasteiger partial charge is 0.424 e. The quantitative estimate of drug-likeness (QED) is 0.291. The summed E-state index contributed by atoms with van der Waals surface area (Å²) in [4.78, 5) is 33.7. The van der Waals surface area contributed by atoms with Gasteiger partial charge in [-0.25, -0.2) is 13.8 Å². The Morgan fingerprint density at radius 3 is 2.65 bits per heavy atom. The molecule has 3 N–H and O–H groups in total. The maximum absolute atomic E-state index is 14.8. The van der Waals surface area contributed by atoms with Gasteiger partial charge in [0.15, 0.2) is 5.76 Å². The van der Waals surface area contributed by atoms with Crippen LogP contribution in [0.3, 0.4) is 0 Å². The number of carbonyl (C=O) groups excluding carboxylic acids is 2. The number of amides is 2. The van der Waals surface area contributed by atoms with Gasteiger partial charge in [-0.1, -0.05) is 13.0 Å². The predicted molar refractivity (Wildman–Crippen MR) is 123 cm³/mol. The van der Waals surface area contributed by atoms with Crippen LogP contribution in [0, 0.1) is 11.6 Å².